The van der Waals surface area contributed by atoms with Crippen molar-refractivity contribution < 1.29 is 0 Å². The molecule has 0 atom stereocenters. The zero-order valence-electron chi connectivity index (χ0n) is 14.6. The van der Waals surface area contributed by atoms with Gasteiger partial charge >= 0.3 is 0 Å². The maximum absolute atomic E-state index is 3.57. The first-order valence-electron chi connectivity index (χ1n) is 8.17. The van der Waals surface area contributed by atoms with Crippen LogP contribution < -0.4 is 5.32 Å². The average Bonchev–Trinajstić information content (AvgIpc) is 2.23. The maximum Gasteiger partial charge on any atom is 0.0125 e. The summed E-state index contributed by atoms with van der Waals surface area (Å²) >= 11 is 0. The molecule has 19 heavy (non-hydrogen) atoms. The fourth-order valence-electron chi connectivity index (χ4n) is 2.23. The van der Waals surface area contributed by atoms with Crippen LogP contribution >= 0.6 is 0 Å². The van der Waals surface area contributed by atoms with E-state index in [1.165, 1.54) is 45.2 Å². The number of rotatable bonds is 9. The van der Waals surface area contributed by atoms with E-state index in [9.17, 15) is 0 Å². The van der Waals surface area contributed by atoms with Crippen molar-refractivity contribution in [1.29, 1.82) is 0 Å². The summed E-state index contributed by atoms with van der Waals surface area (Å²) in [5.74, 6) is 0. The molecule has 2 nitrogen and oxygen atoms in total. The third-order valence-electron chi connectivity index (χ3n) is 3.49. The van der Waals surface area contributed by atoms with Crippen molar-refractivity contribution in [2.24, 2.45) is 0 Å². The lowest BCUT2D eigenvalue weighted by Crippen LogP contribution is -2.43. The molecule has 0 amide bonds. The number of nitrogens with one attached hydrogen (secondary N) is 1. The monoisotopic (exact) mass is 270 g/mol. The molecular weight excluding hydrogens is 232 g/mol. The van der Waals surface area contributed by atoms with Crippen molar-refractivity contribution in [2.45, 2.75) is 91.6 Å². The van der Waals surface area contributed by atoms with Gasteiger partial charge in [0.15, 0.2) is 0 Å². The van der Waals surface area contributed by atoms with Gasteiger partial charge in [-0.25, -0.2) is 0 Å². The van der Waals surface area contributed by atoms with E-state index in [-0.39, 0.29) is 5.54 Å². The molecule has 0 aromatic heterocycles. The van der Waals surface area contributed by atoms with Crippen LogP contribution in [0, 0.1) is 0 Å². The fourth-order valence-corrected chi connectivity index (χ4v) is 2.23. The van der Waals surface area contributed by atoms with Crippen molar-refractivity contribution in [3.8, 4) is 0 Å². The Labute approximate surface area is 122 Å². The Kier molecular flexibility index (Phi) is 8.93. The zero-order chi connectivity index (χ0) is 14.9. The predicted octanol–water partition coefficient (Wildman–Crippen LogP) is 4.45. The molecule has 0 aliphatic carbocycles. The van der Waals surface area contributed by atoms with Crippen LogP contribution in [-0.4, -0.2) is 35.6 Å². The molecule has 0 radical (unpaired) electrons. The molecule has 1 N–H and O–H groups in total. The molecular formula is C17H38N2. The summed E-state index contributed by atoms with van der Waals surface area (Å²) in [6.07, 6.45) is 6.59. The molecule has 2 heteroatoms. The van der Waals surface area contributed by atoms with E-state index < -0.39 is 0 Å². The molecule has 0 heterocycles. The van der Waals surface area contributed by atoms with Gasteiger partial charge in [0, 0.05) is 11.1 Å². The molecule has 0 spiro atoms. The van der Waals surface area contributed by atoms with Crippen LogP contribution in [-0.2, 0) is 0 Å². The summed E-state index contributed by atoms with van der Waals surface area (Å²) in [6, 6.07) is 0. The van der Waals surface area contributed by atoms with Crippen LogP contribution in [0.25, 0.3) is 0 Å². The minimum absolute atomic E-state index is 0.255. The van der Waals surface area contributed by atoms with Crippen LogP contribution in [0.1, 0.15) is 80.6 Å². The van der Waals surface area contributed by atoms with Gasteiger partial charge in [-0.3, -0.25) is 4.90 Å². The number of hydrogen-bond acceptors (Lipinski definition) is 2. The number of nitrogens with zero attached hydrogens (tertiary/aromatic N) is 1. The van der Waals surface area contributed by atoms with Gasteiger partial charge in [0.05, 0.1) is 0 Å². The van der Waals surface area contributed by atoms with E-state index in [4.69, 9.17) is 0 Å². The highest BCUT2D eigenvalue weighted by molar-refractivity contribution is 4.76. The Hall–Kier alpha value is -0.0800. The SMILES string of the molecule is CCCCCN(CCCCNC(C)(C)C)C(C)(C)C. The van der Waals surface area contributed by atoms with E-state index in [0.29, 0.717) is 5.54 Å². The van der Waals surface area contributed by atoms with E-state index in [1.807, 2.05) is 0 Å². The number of hydrogen-bond donors (Lipinski definition) is 1. The second kappa shape index (κ2) is 8.97. The summed E-state index contributed by atoms with van der Waals surface area (Å²) in [7, 11) is 0. The fraction of sp³-hybridized carbons (Fsp3) is 1.00. The molecule has 0 fully saturated rings. The molecule has 0 saturated carbocycles. The van der Waals surface area contributed by atoms with Crippen LogP contribution in [0.5, 0.6) is 0 Å². The molecule has 0 aliphatic heterocycles. The number of unbranched alkanes of at least 4 members (excludes halogenated alkanes) is 3. The van der Waals surface area contributed by atoms with Gasteiger partial charge in [0.25, 0.3) is 0 Å². The molecule has 0 unspecified atom stereocenters. The largest absolute Gasteiger partial charge is 0.312 e. The predicted molar refractivity (Wildman–Crippen MR) is 87.8 cm³/mol. The first-order valence-corrected chi connectivity index (χ1v) is 8.17. The molecule has 0 aliphatic rings. The highest BCUT2D eigenvalue weighted by Crippen LogP contribution is 2.15. The minimum Gasteiger partial charge on any atom is -0.312 e. The van der Waals surface area contributed by atoms with Crippen LogP contribution in [0.4, 0.5) is 0 Å². The Balaban J connectivity index is 3.87. The Morgan fingerprint density at radius 2 is 1.32 bits per heavy atom. The Morgan fingerprint density at radius 1 is 0.789 bits per heavy atom. The average molecular weight is 271 g/mol. The van der Waals surface area contributed by atoms with Gasteiger partial charge in [-0.2, -0.15) is 0 Å². The lowest BCUT2D eigenvalue weighted by Gasteiger charge is -2.36. The minimum atomic E-state index is 0.255. The quantitative estimate of drug-likeness (QED) is 0.623. The molecule has 116 valence electrons. The lowest BCUT2D eigenvalue weighted by atomic mass is 10.0. The lowest BCUT2D eigenvalue weighted by molar-refractivity contribution is 0.131. The summed E-state index contributed by atoms with van der Waals surface area (Å²) in [5.41, 5.74) is 0.566. The molecule has 0 rings (SSSR count). The standard InChI is InChI=1S/C17H38N2/c1-8-9-11-14-19(17(5,6)7)15-12-10-13-18-16(2,3)4/h18H,8-15H2,1-7H3. The van der Waals surface area contributed by atoms with E-state index in [1.54, 1.807) is 0 Å². The van der Waals surface area contributed by atoms with Crippen molar-refractivity contribution in [3.05, 3.63) is 0 Å². The van der Waals surface area contributed by atoms with Gasteiger partial charge in [-0.1, -0.05) is 19.8 Å². The topological polar surface area (TPSA) is 15.3 Å². The van der Waals surface area contributed by atoms with Crippen molar-refractivity contribution in [2.75, 3.05) is 19.6 Å². The van der Waals surface area contributed by atoms with Gasteiger partial charge in [0.2, 0.25) is 0 Å². The second-order valence-electron chi connectivity index (χ2n) is 7.75. The van der Waals surface area contributed by atoms with Gasteiger partial charge in [0.1, 0.15) is 0 Å². The summed E-state index contributed by atoms with van der Waals surface area (Å²) in [5, 5.41) is 3.57. The first kappa shape index (κ1) is 18.9. The second-order valence-corrected chi connectivity index (χ2v) is 7.75. The summed E-state index contributed by atoms with van der Waals surface area (Å²) in [6.45, 7) is 19.6. The molecule has 0 aromatic rings. The highest BCUT2D eigenvalue weighted by atomic mass is 15.2. The zero-order valence-corrected chi connectivity index (χ0v) is 14.6. The van der Waals surface area contributed by atoms with Crippen LogP contribution in [0.15, 0.2) is 0 Å². The smallest absolute Gasteiger partial charge is 0.0125 e. The van der Waals surface area contributed by atoms with Crippen molar-refractivity contribution in [3.63, 3.8) is 0 Å². The Bertz CT molecular complexity index is 210. The van der Waals surface area contributed by atoms with Gasteiger partial charge < -0.3 is 5.32 Å². The highest BCUT2D eigenvalue weighted by Gasteiger charge is 2.19. The molecule has 0 saturated heterocycles. The third-order valence-corrected chi connectivity index (χ3v) is 3.49. The van der Waals surface area contributed by atoms with E-state index >= 15 is 0 Å². The first-order chi connectivity index (χ1) is 8.67. The summed E-state index contributed by atoms with van der Waals surface area (Å²) < 4.78 is 0. The van der Waals surface area contributed by atoms with Gasteiger partial charge in [-0.15, -0.1) is 0 Å². The third kappa shape index (κ3) is 11.4. The maximum atomic E-state index is 3.57. The van der Waals surface area contributed by atoms with Crippen LogP contribution in [0.2, 0.25) is 0 Å². The van der Waals surface area contributed by atoms with E-state index in [0.717, 1.165) is 6.54 Å². The van der Waals surface area contributed by atoms with Crippen molar-refractivity contribution >= 4 is 0 Å². The van der Waals surface area contributed by atoms with Crippen LogP contribution in [0.3, 0.4) is 0 Å². The molecule has 0 bridgehead atoms. The molecule has 0 aromatic carbocycles. The van der Waals surface area contributed by atoms with Gasteiger partial charge in [-0.05, 0) is 80.4 Å². The van der Waals surface area contributed by atoms with E-state index in [2.05, 4.69) is 58.7 Å². The summed E-state index contributed by atoms with van der Waals surface area (Å²) in [4.78, 5) is 2.65. The normalized spacial score (nSPS) is 13.3. The van der Waals surface area contributed by atoms with Crippen molar-refractivity contribution in [1.82, 2.24) is 10.2 Å². The Morgan fingerprint density at radius 3 is 1.74 bits per heavy atom.